The minimum atomic E-state index is -0.217. The summed E-state index contributed by atoms with van der Waals surface area (Å²) in [4.78, 5) is 16.2. The molecule has 1 aliphatic rings. The number of halogens is 1. The number of benzene rings is 1. The van der Waals surface area contributed by atoms with Gasteiger partial charge < -0.3 is 10.2 Å². The highest BCUT2D eigenvalue weighted by atomic mass is 32.1. The number of amides is 1. The van der Waals surface area contributed by atoms with Gasteiger partial charge in [-0.05, 0) is 23.6 Å². The fraction of sp³-hybridized carbons (Fsp3) is 0.294. The molecule has 0 atom stereocenters. The third kappa shape index (κ3) is 3.72. The van der Waals surface area contributed by atoms with Crippen LogP contribution in [-0.4, -0.2) is 43.5 Å². The summed E-state index contributed by atoms with van der Waals surface area (Å²) in [5, 5.41) is 14.1. The second-order valence-electron chi connectivity index (χ2n) is 5.54. The fourth-order valence-electron chi connectivity index (χ4n) is 2.72. The van der Waals surface area contributed by atoms with Gasteiger partial charge in [0, 0.05) is 26.2 Å². The summed E-state index contributed by atoms with van der Waals surface area (Å²) in [5.74, 6) is -0.348. The van der Waals surface area contributed by atoms with Crippen molar-refractivity contribution in [2.75, 3.05) is 42.9 Å². The molecule has 0 radical (unpaired) electrons. The van der Waals surface area contributed by atoms with Crippen LogP contribution in [0.1, 0.15) is 5.56 Å². The van der Waals surface area contributed by atoms with E-state index in [-0.39, 0.29) is 18.3 Å². The number of thiophene rings is 1. The van der Waals surface area contributed by atoms with Crippen LogP contribution in [0.15, 0.2) is 35.7 Å². The zero-order chi connectivity index (χ0) is 16.9. The molecular formula is C17H17FN4OS. The van der Waals surface area contributed by atoms with E-state index in [1.54, 1.807) is 23.6 Å². The van der Waals surface area contributed by atoms with Gasteiger partial charge in [0.15, 0.2) is 0 Å². The van der Waals surface area contributed by atoms with Crippen LogP contribution in [0, 0.1) is 17.1 Å². The first-order valence-corrected chi connectivity index (χ1v) is 8.54. The molecule has 24 heavy (non-hydrogen) atoms. The third-order valence-corrected chi connectivity index (χ3v) is 4.80. The van der Waals surface area contributed by atoms with Gasteiger partial charge >= 0.3 is 0 Å². The van der Waals surface area contributed by atoms with Crippen LogP contribution in [0.3, 0.4) is 0 Å². The van der Waals surface area contributed by atoms with Gasteiger partial charge in [0.05, 0.1) is 17.8 Å². The van der Waals surface area contributed by atoms with E-state index in [0.29, 0.717) is 42.4 Å². The molecule has 1 amide bonds. The number of carbonyl (C=O) groups is 1. The van der Waals surface area contributed by atoms with E-state index >= 15 is 0 Å². The molecule has 2 heterocycles. The van der Waals surface area contributed by atoms with Crippen LogP contribution in [0.2, 0.25) is 0 Å². The summed E-state index contributed by atoms with van der Waals surface area (Å²) in [5.41, 5.74) is 1.09. The van der Waals surface area contributed by atoms with Crippen molar-refractivity contribution in [2.24, 2.45) is 0 Å². The average Bonchev–Trinajstić information content (AvgIpc) is 3.03. The highest BCUT2D eigenvalue weighted by Crippen LogP contribution is 2.22. The topological polar surface area (TPSA) is 59.4 Å². The summed E-state index contributed by atoms with van der Waals surface area (Å²) in [6.07, 6.45) is 0. The molecule has 1 N–H and O–H groups in total. The SMILES string of the molecule is N#Cc1ccsc1NC(=O)CN1CCN(c2ccccc2F)CC1. The first-order chi connectivity index (χ1) is 11.7. The summed E-state index contributed by atoms with van der Waals surface area (Å²) in [6.45, 7) is 3.01. The monoisotopic (exact) mass is 344 g/mol. The van der Waals surface area contributed by atoms with Gasteiger partial charge in [-0.1, -0.05) is 12.1 Å². The molecule has 7 heteroatoms. The minimum absolute atomic E-state index is 0.131. The molecule has 3 rings (SSSR count). The highest BCUT2D eigenvalue weighted by molar-refractivity contribution is 7.14. The van der Waals surface area contributed by atoms with Crippen molar-refractivity contribution in [1.29, 1.82) is 5.26 Å². The van der Waals surface area contributed by atoms with E-state index in [2.05, 4.69) is 11.4 Å². The summed E-state index contributed by atoms with van der Waals surface area (Å²) >= 11 is 1.34. The van der Waals surface area contributed by atoms with E-state index < -0.39 is 0 Å². The zero-order valence-corrected chi connectivity index (χ0v) is 13.9. The van der Waals surface area contributed by atoms with Crippen LogP contribution >= 0.6 is 11.3 Å². The minimum Gasteiger partial charge on any atom is -0.367 e. The standard InChI is InChI=1S/C17H17FN4OS/c18-14-3-1-2-4-15(14)22-8-6-21(7-9-22)12-16(23)20-17-13(11-19)5-10-24-17/h1-5,10H,6-9,12H2,(H,20,23). The van der Waals surface area contributed by atoms with E-state index in [0.717, 1.165) is 0 Å². The molecular weight excluding hydrogens is 327 g/mol. The van der Waals surface area contributed by atoms with Crippen molar-refractivity contribution >= 4 is 27.9 Å². The number of para-hydroxylation sites is 1. The quantitative estimate of drug-likeness (QED) is 0.926. The summed E-state index contributed by atoms with van der Waals surface area (Å²) in [6, 6.07) is 10.5. The molecule has 0 bridgehead atoms. The van der Waals surface area contributed by atoms with Crippen molar-refractivity contribution in [1.82, 2.24) is 4.90 Å². The number of nitrogens with zero attached hydrogens (tertiary/aromatic N) is 3. The van der Waals surface area contributed by atoms with Gasteiger partial charge in [-0.25, -0.2) is 4.39 Å². The maximum Gasteiger partial charge on any atom is 0.239 e. The van der Waals surface area contributed by atoms with Crippen LogP contribution in [0.4, 0.5) is 15.1 Å². The van der Waals surface area contributed by atoms with E-state index in [9.17, 15) is 9.18 Å². The number of piperazine rings is 1. The Balaban J connectivity index is 1.51. The molecule has 5 nitrogen and oxygen atoms in total. The van der Waals surface area contributed by atoms with Crippen molar-refractivity contribution in [2.45, 2.75) is 0 Å². The van der Waals surface area contributed by atoms with E-state index in [1.165, 1.54) is 17.4 Å². The van der Waals surface area contributed by atoms with Crippen LogP contribution in [0.5, 0.6) is 0 Å². The predicted molar refractivity (Wildman–Crippen MR) is 92.7 cm³/mol. The largest absolute Gasteiger partial charge is 0.367 e. The normalized spacial score (nSPS) is 15.1. The molecule has 0 spiro atoms. The van der Waals surface area contributed by atoms with Crippen LogP contribution < -0.4 is 10.2 Å². The molecule has 1 aromatic carbocycles. The van der Waals surface area contributed by atoms with Crippen LogP contribution in [-0.2, 0) is 4.79 Å². The maximum atomic E-state index is 13.8. The van der Waals surface area contributed by atoms with Gasteiger partial charge in [-0.2, -0.15) is 5.26 Å². The number of hydrogen-bond donors (Lipinski definition) is 1. The van der Waals surface area contributed by atoms with Crippen LogP contribution in [0.25, 0.3) is 0 Å². The molecule has 1 aromatic heterocycles. The lowest BCUT2D eigenvalue weighted by Crippen LogP contribution is -2.48. The van der Waals surface area contributed by atoms with Crippen molar-refractivity contribution in [3.8, 4) is 6.07 Å². The number of nitriles is 1. The maximum absolute atomic E-state index is 13.8. The Hall–Kier alpha value is -2.43. The first-order valence-electron chi connectivity index (χ1n) is 7.66. The summed E-state index contributed by atoms with van der Waals surface area (Å²) in [7, 11) is 0. The Labute approximate surface area is 143 Å². The molecule has 1 aliphatic heterocycles. The van der Waals surface area contributed by atoms with Gasteiger partial charge in [0.2, 0.25) is 5.91 Å². The van der Waals surface area contributed by atoms with Gasteiger partial charge in [0.25, 0.3) is 0 Å². The predicted octanol–water partition coefficient (Wildman–Crippen LogP) is 2.52. The van der Waals surface area contributed by atoms with Gasteiger partial charge in [-0.15, -0.1) is 11.3 Å². The molecule has 1 fully saturated rings. The first kappa shape index (κ1) is 16.4. The molecule has 124 valence electrons. The number of rotatable bonds is 4. The van der Waals surface area contributed by atoms with Crippen molar-refractivity contribution in [3.05, 3.63) is 47.1 Å². The van der Waals surface area contributed by atoms with Gasteiger partial charge in [-0.3, -0.25) is 9.69 Å². The molecule has 2 aromatic rings. The van der Waals surface area contributed by atoms with E-state index in [4.69, 9.17) is 5.26 Å². The lowest BCUT2D eigenvalue weighted by molar-refractivity contribution is -0.117. The zero-order valence-electron chi connectivity index (χ0n) is 13.0. The lowest BCUT2D eigenvalue weighted by Gasteiger charge is -2.35. The Bertz CT molecular complexity index is 762. The fourth-order valence-corrected chi connectivity index (χ4v) is 3.47. The number of nitrogens with one attached hydrogen (secondary N) is 1. The lowest BCUT2D eigenvalue weighted by atomic mass is 10.2. The molecule has 0 aliphatic carbocycles. The smallest absolute Gasteiger partial charge is 0.239 e. The Morgan fingerprint density at radius 3 is 2.71 bits per heavy atom. The second kappa shape index (κ2) is 7.43. The van der Waals surface area contributed by atoms with E-state index in [1.807, 2.05) is 15.9 Å². The molecule has 0 saturated carbocycles. The van der Waals surface area contributed by atoms with Gasteiger partial charge in [0.1, 0.15) is 16.9 Å². The second-order valence-corrected chi connectivity index (χ2v) is 6.45. The average molecular weight is 344 g/mol. The highest BCUT2D eigenvalue weighted by Gasteiger charge is 2.21. The van der Waals surface area contributed by atoms with Crippen molar-refractivity contribution < 1.29 is 9.18 Å². The Morgan fingerprint density at radius 1 is 1.25 bits per heavy atom. The number of hydrogen-bond acceptors (Lipinski definition) is 5. The Morgan fingerprint density at radius 2 is 2.00 bits per heavy atom. The third-order valence-electron chi connectivity index (χ3n) is 3.97. The molecule has 1 saturated heterocycles. The van der Waals surface area contributed by atoms with Crippen molar-refractivity contribution in [3.63, 3.8) is 0 Å². The molecule has 0 unspecified atom stereocenters. The number of anilines is 2. The number of carbonyl (C=O) groups excluding carboxylic acids is 1. The Kier molecular flexibility index (Phi) is 5.08. The summed E-state index contributed by atoms with van der Waals surface area (Å²) < 4.78 is 13.8.